The first-order valence-electron chi connectivity index (χ1n) is 7.29. The number of hydrogen-bond donors (Lipinski definition) is 1. The van der Waals surface area contributed by atoms with Gasteiger partial charge in [-0.3, -0.25) is 10.2 Å². The van der Waals surface area contributed by atoms with E-state index in [1.807, 2.05) is 0 Å². The van der Waals surface area contributed by atoms with Crippen LogP contribution in [0.1, 0.15) is 18.4 Å². The molecule has 1 amide bonds. The number of fused-ring (bicyclic) bond motifs is 3. The fraction of sp³-hybridized carbons (Fsp3) is 0.533. The lowest BCUT2D eigenvalue weighted by atomic mass is 9.86. The lowest BCUT2D eigenvalue weighted by molar-refractivity contribution is -0.137. The number of benzene rings is 1. The molecule has 1 N–H and O–H groups in total. The number of piperidine rings is 3. The average molecular weight is 314 g/mol. The number of carbonyl (C=O) groups is 1. The van der Waals surface area contributed by atoms with Crippen molar-refractivity contribution in [2.75, 3.05) is 25.0 Å². The number of halogens is 3. The quantitative estimate of drug-likeness (QED) is 0.910. The van der Waals surface area contributed by atoms with Crippen LogP contribution in [-0.4, -0.2) is 36.7 Å². The van der Waals surface area contributed by atoms with E-state index in [9.17, 15) is 18.0 Å². The lowest BCUT2D eigenvalue weighted by Gasteiger charge is -2.43. The van der Waals surface area contributed by atoms with Crippen molar-refractivity contribution in [3.05, 3.63) is 29.8 Å². The van der Waals surface area contributed by atoms with Gasteiger partial charge in [-0.15, -0.1) is 0 Å². The van der Waals surface area contributed by atoms with E-state index >= 15 is 0 Å². The van der Waals surface area contributed by atoms with E-state index in [2.05, 4.69) is 10.2 Å². The van der Waals surface area contributed by atoms with Crippen molar-refractivity contribution < 1.29 is 22.7 Å². The average Bonchev–Trinajstić information content (AvgIpc) is 2.48. The molecule has 3 fully saturated rings. The fourth-order valence-electron chi connectivity index (χ4n) is 3.07. The molecule has 1 atom stereocenters. The molecule has 3 aliphatic heterocycles. The molecule has 3 saturated heterocycles. The van der Waals surface area contributed by atoms with Gasteiger partial charge in [-0.2, -0.15) is 13.2 Å². The molecule has 4 nitrogen and oxygen atoms in total. The summed E-state index contributed by atoms with van der Waals surface area (Å²) in [5.41, 5.74) is -0.455. The molecule has 0 spiro atoms. The third-order valence-electron chi connectivity index (χ3n) is 4.31. The Morgan fingerprint density at radius 1 is 1.18 bits per heavy atom. The summed E-state index contributed by atoms with van der Waals surface area (Å²) >= 11 is 0. The molecule has 0 unspecified atom stereocenters. The number of amides is 1. The van der Waals surface area contributed by atoms with E-state index in [1.165, 1.54) is 12.1 Å². The third-order valence-corrected chi connectivity index (χ3v) is 4.31. The van der Waals surface area contributed by atoms with Crippen molar-refractivity contribution in [3.63, 3.8) is 0 Å². The van der Waals surface area contributed by atoms with Gasteiger partial charge in [0.2, 0.25) is 0 Å². The molecule has 7 heteroatoms. The molecule has 2 bridgehead atoms. The number of ether oxygens (including phenoxy) is 1. The maximum Gasteiger partial charge on any atom is 0.416 e. The minimum absolute atomic E-state index is 0.128. The second-order valence-electron chi connectivity index (χ2n) is 5.78. The highest BCUT2D eigenvalue weighted by atomic mass is 19.4. The smallest absolute Gasteiger partial charge is 0.416 e. The summed E-state index contributed by atoms with van der Waals surface area (Å²) in [4.78, 5) is 14.1. The molecule has 0 aliphatic carbocycles. The Labute approximate surface area is 126 Å². The van der Waals surface area contributed by atoms with Gasteiger partial charge in [-0.1, -0.05) is 0 Å². The second kappa shape index (κ2) is 5.79. The molecule has 3 heterocycles. The number of carbonyl (C=O) groups excluding carboxylic acids is 1. The first-order valence-corrected chi connectivity index (χ1v) is 7.29. The zero-order valence-corrected chi connectivity index (χ0v) is 11.9. The summed E-state index contributed by atoms with van der Waals surface area (Å²) < 4.78 is 42.8. The first-order chi connectivity index (χ1) is 10.4. The predicted octanol–water partition coefficient (Wildman–Crippen LogP) is 3.35. The van der Waals surface area contributed by atoms with E-state index in [0.717, 1.165) is 44.6 Å². The van der Waals surface area contributed by atoms with Crippen LogP contribution in [0.15, 0.2) is 24.3 Å². The second-order valence-corrected chi connectivity index (χ2v) is 5.78. The molecule has 120 valence electrons. The molecule has 1 aromatic carbocycles. The number of alkyl halides is 3. The van der Waals surface area contributed by atoms with Crippen LogP contribution < -0.4 is 5.32 Å². The van der Waals surface area contributed by atoms with Crippen molar-refractivity contribution >= 4 is 11.8 Å². The van der Waals surface area contributed by atoms with Gasteiger partial charge in [0.25, 0.3) is 0 Å². The lowest BCUT2D eigenvalue weighted by Crippen LogP contribution is -2.52. The molecule has 0 saturated carbocycles. The van der Waals surface area contributed by atoms with E-state index < -0.39 is 17.8 Å². The van der Waals surface area contributed by atoms with Crippen LogP contribution in [0.3, 0.4) is 0 Å². The summed E-state index contributed by atoms with van der Waals surface area (Å²) in [5.74, 6) is 0.392. The highest BCUT2D eigenvalue weighted by Crippen LogP contribution is 2.31. The highest BCUT2D eigenvalue weighted by molar-refractivity contribution is 5.84. The Hall–Kier alpha value is -1.76. The van der Waals surface area contributed by atoms with Crippen LogP contribution in [0, 0.1) is 5.92 Å². The van der Waals surface area contributed by atoms with E-state index in [0.29, 0.717) is 11.6 Å². The zero-order chi connectivity index (χ0) is 15.7. The van der Waals surface area contributed by atoms with Gasteiger partial charge in [0.15, 0.2) is 0 Å². The maximum absolute atomic E-state index is 12.5. The number of rotatable bonds is 2. The first kappa shape index (κ1) is 15.1. The summed E-state index contributed by atoms with van der Waals surface area (Å²) in [6.07, 6.45) is -3.07. The normalized spacial score (nSPS) is 27.5. The van der Waals surface area contributed by atoms with Crippen LogP contribution in [0.5, 0.6) is 0 Å². The molecular weight excluding hydrogens is 297 g/mol. The van der Waals surface area contributed by atoms with Crippen LogP contribution in [0.25, 0.3) is 0 Å². The minimum atomic E-state index is -4.38. The van der Waals surface area contributed by atoms with Gasteiger partial charge in [0, 0.05) is 12.2 Å². The number of anilines is 1. The van der Waals surface area contributed by atoms with Crippen molar-refractivity contribution in [1.29, 1.82) is 0 Å². The number of nitrogens with one attached hydrogen (secondary N) is 1. The molecule has 4 rings (SSSR count). The van der Waals surface area contributed by atoms with Crippen molar-refractivity contribution in [1.82, 2.24) is 4.90 Å². The third kappa shape index (κ3) is 3.35. The zero-order valence-electron chi connectivity index (χ0n) is 11.9. The summed E-state index contributed by atoms with van der Waals surface area (Å²) in [7, 11) is 0. The van der Waals surface area contributed by atoms with Gasteiger partial charge >= 0.3 is 12.3 Å². The van der Waals surface area contributed by atoms with Crippen molar-refractivity contribution in [2.45, 2.75) is 25.1 Å². The number of hydrogen-bond acceptors (Lipinski definition) is 3. The largest absolute Gasteiger partial charge is 0.444 e. The van der Waals surface area contributed by atoms with Gasteiger partial charge in [-0.05, 0) is 56.1 Å². The topological polar surface area (TPSA) is 41.6 Å². The fourth-order valence-corrected chi connectivity index (χ4v) is 3.07. The Morgan fingerprint density at radius 2 is 1.82 bits per heavy atom. The molecule has 1 aromatic rings. The predicted molar refractivity (Wildman–Crippen MR) is 74.5 cm³/mol. The molecule has 3 aliphatic rings. The van der Waals surface area contributed by atoms with E-state index in [1.54, 1.807) is 0 Å². The molecule has 0 aromatic heterocycles. The summed E-state index contributed by atoms with van der Waals surface area (Å²) in [6, 6.07) is 4.31. The molecular formula is C15H17F3N2O2. The van der Waals surface area contributed by atoms with Crippen LogP contribution in [0.4, 0.5) is 23.7 Å². The van der Waals surface area contributed by atoms with Gasteiger partial charge in [0.05, 0.1) is 5.56 Å². The Morgan fingerprint density at radius 3 is 2.32 bits per heavy atom. The van der Waals surface area contributed by atoms with E-state index in [-0.39, 0.29) is 6.10 Å². The van der Waals surface area contributed by atoms with Gasteiger partial charge in [0.1, 0.15) is 6.10 Å². The summed E-state index contributed by atoms with van der Waals surface area (Å²) in [6.45, 7) is 2.83. The van der Waals surface area contributed by atoms with E-state index in [4.69, 9.17) is 4.74 Å². The minimum Gasteiger partial charge on any atom is -0.444 e. The Balaban J connectivity index is 1.55. The Bertz CT molecular complexity index is 537. The number of nitrogens with zero attached hydrogens (tertiary/aromatic N) is 1. The standard InChI is InChI=1S/C15H17F3N2O2/c16-15(17,18)11-1-3-12(4-2-11)19-14(21)22-13-9-20-7-5-10(13)6-8-20/h1-4,10,13H,5-9H2,(H,19,21)/t13-/m1/s1. The van der Waals surface area contributed by atoms with Crippen molar-refractivity contribution in [3.8, 4) is 0 Å². The van der Waals surface area contributed by atoms with Gasteiger partial charge < -0.3 is 4.74 Å². The SMILES string of the molecule is O=C(Nc1ccc(C(F)(F)F)cc1)O[C@@H]1CN2CCC1CC2. The monoisotopic (exact) mass is 314 g/mol. The van der Waals surface area contributed by atoms with Crippen LogP contribution >= 0.6 is 0 Å². The van der Waals surface area contributed by atoms with Crippen LogP contribution in [0.2, 0.25) is 0 Å². The molecule has 22 heavy (non-hydrogen) atoms. The maximum atomic E-state index is 12.5. The Kier molecular flexibility index (Phi) is 3.99. The molecule has 0 radical (unpaired) electrons. The van der Waals surface area contributed by atoms with Gasteiger partial charge in [-0.25, -0.2) is 4.79 Å². The van der Waals surface area contributed by atoms with Crippen LogP contribution in [-0.2, 0) is 10.9 Å². The van der Waals surface area contributed by atoms with Crippen molar-refractivity contribution in [2.24, 2.45) is 5.92 Å². The summed E-state index contributed by atoms with van der Waals surface area (Å²) in [5, 5.41) is 2.48. The highest BCUT2D eigenvalue weighted by Gasteiger charge is 2.36.